The summed E-state index contributed by atoms with van der Waals surface area (Å²) in [5.74, 6) is -2.66. The molecule has 0 aromatic heterocycles. The molecular weight excluding hydrogens is 684 g/mol. The Morgan fingerprint density at radius 1 is 0.558 bits per heavy atom. The second kappa shape index (κ2) is 28.1. The van der Waals surface area contributed by atoms with Gasteiger partial charge in [0.15, 0.2) is 24.6 Å². The minimum atomic E-state index is -2.30. The predicted molar refractivity (Wildman–Crippen MR) is 187 cm³/mol. The average molecular weight is 751 g/mol. The molecule has 1 fully saturated rings. The topological polar surface area (TPSA) is 225 Å². The van der Waals surface area contributed by atoms with Crippen molar-refractivity contribution in [3.63, 3.8) is 0 Å². The number of carbonyl (C=O) groups excluding carboxylic acids is 4. The third-order valence-corrected chi connectivity index (χ3v) is 8.74. The van der Waals surface area contributed by atoms with E-state index in [1.54, 1.807) is 0 Å². The summed E-state index contributed by atoms with van der Waals surface area (Å²) >= 11 is 0. The largest absolute Gasteiger partial charge is 0.463 e. The van der Waals surface area contributed by atoms with Crippen LogP contribution in [-0.4, -0.2) is 118 Å². The summed E-state index contributed by atoms with van der Waals surface area (Å²) in [5.41, 5.74) is 0. The molecule has 0 amide bonds. The van der Waals surface area contributed by atoms with Gasteiger partial charge in [-0.25, -0.2) is 0 Å². The molecule has 0 saturated carbocycles. The van der Waals surface area contributed by atoms with Crippen LogP contribution in [0.15, 0.2) is 0 Å². The van der Waals surface area contributed by atoms with Crippen molar-refractivity contribution in [2.45, 2.75) is 199 Å². The van der Waals surface area contributed by atoms with Gasteiger partial charge in [0.2, 0.25) is 6.29 Å². The van der Waals surface area contributed by atoms with Gasteiger partial charge in [0.05, 0.1) is 6.61 Å². The van der Waals surface area contributed by atoms with E-state index in [1.165, 1.54) is 0 Å². The standard InChI is InChI=1S/C37H66O15/c1-5-9-13-14-18-22-30(43)51-35-34(50-29(42)21-17-12-8-4)33(49-28(41)20-16-11-7-3)26(24-47-27(40)19-15-10-6-2)48-37(35)52-36(46)32(45)31(44)25(39)23-38/h25-26,31-39,44-46H,5-24H2,1-4H3/t25-,26-,31-,32-,33-,34+,35+,36?,37+/m1/s1. The zero-order chi connectivity index (χ0) is 38.9. The second-order valence-corrected chi connectivity index (χ2v) is 13.4. The van der Waals surface area contributed by atoms with Crippen molar-refractivity contribution in [2.75, 3.05) is 13.2 Å². The molecule has 0 aromatic carbocycles. The Morgan fingerprint density at radius 3 is 1.48 bits per heavy atom. The number of hydrogen-bond donors (Lipinski definition) is 5. The first kappa shape index (κ1) is 47.6. The summed E-state index contributed by atoms with van der Waals surface area (Å²) < 4.78 is 34.7. The zero-order valence-corrected chi connectivity index (χ0v) is 31.7. The zero-order valence-electron chi connectivity index (χ0n) is 31.7. The van der Waals surface area contributed by atoms with Crippen LogP contribution in [0.3, 0.4) is 0 Å². The summed E-state index contributed by atoms with van der Waals surface area (Å²) in [4.78, 5) is 52.3. The first-order chi connectivity index (χ1) is 24.9. The van der Waals surface area contributed by atoms with Crippen molar-refractivity contribution in [1.82, 2.24) is 0 Å². The number of unbranched alkanes of at least 4 members (excludes halogenated alkanes) is 10. The van der Waals surface area contributed by atoms with Crippen molar-refractivity contribution in [3.05, 3.63) is 0 Å². The van der Waals surface area contributed by atoms with Crippen molar-refractivity contribution in [1.29, 1.82) is 0 Å². The van der Waals surface area contributed by atoms with Gasteiger partial charge in [-0.1, -0.05) is 91.9 Å². The molecule has 9 atom stereocenters. The maximum Gasteiger partial charge on any atom is 0.306 e. The van der Waals surface area contributed by atoms with Gasteiger partial charge in [-0.2, -0.15) is 0 Å². The smallest absolute Gasteiger partial charge is 0.306 e. The molecule has 0 aromatic rings. The Labute approximate surface area is 308 Å². The fraction of sp³-hybridized carbons (Fsp3) is 0.892. The Hall–Kier alpha value is -2.40. The van der Waals surface area contributed by atoms with E-state index in [0.29, 0.717) is 25.7 Å². The van der Waals surface area contributed by atoms with E-state index >= 15 is 0 Å². The van der Waals surface area contributed by atoms with Gasteiger partial charge >= 0.3 is 23.9 Å². The molecule has 1 saturated heterocycles. The van der Waals surface area contributed by atoms with Gasteiger partial charge in [-0.3, -0.25) is 19.2 Å². The van der Waals surface area contributed by atoms with Gasteiger partial charge in [0.1, 0.15) is 31.0 Å². The van der Waals surface area contributed by atoms with E-state index in [9.17, 15) is 44.7 Å². The van der Waals surface area contributed by atoms with Crippen LogP contribution in [0.1, 0.15) is 143 Å². The van der Waals surface area contributed by atoms with E-state index in [-0.39, 0.29) is 25.7 Å². The number of ether oxygens (including phenoxy) is 6. The first-order valence-corrected chi connectivity index (χ1v) is 19.3. The lowest BCUT2D eigenvalue weighted by molar-refractivity contribution is -0.349. The van der Waals surface area contributed by atoms with Gasteiger partial charge in [-0.15, -0.1) is 0 Å². The lowest BCUT2D eigenvalue weighted by Gasteiger charge is -2.45. The molecule has 304 valence electrons. The van der Waals surface area contributed by atoms with Crippen LogP contribution in [0.5, 0.6) is 0 Å². The van der Waals surface area contributed by atoms with Crippen LogP contribution in [0, 0.1) is 0 Å². The van der Waals surface area contributed by atoms with E-state index in [1.807, 2.05) is 20.8 Å². The van der Waals surface area contributed by atoms with E-state index in [2.05, 4.69) is 6.92 Å². The lowest BCUT2D eigenvalue weighted by atomic mass is 9.97. The van der Waals surface area contributed by atoms with Crippen LogP contribution in [0.25, 0.3) is 0 Å². The molecule has 0 spiro atoms. The molecule has 0 bridgehead atoms. The molecule has 1 aliphatic heterocycles. The molecule has 1 unspecified atom stereocenters. The highest BCUT2D eigenvalue weighted by Crippen LogP contribution is 2.32. The van der Waals surface area contributed by atoms with Gasteiger partial charge in [-0.05, 0) is 25.7 Å². The van der Waals surface area contributed by atoms with Crippen molar-refractivity contribution in [2.24, 2.45) is 0 Å². The second-order valence-electron chi connectivity index (χ2n) is 13.4. The third kappa shape index (κ3) is 18.6. The Balaban J connectivity index is 3.60. The highest BCUT2D eigenvalue weighted by atomic mass is 16.8. The molecule has 5 N–H and O–H groups in total. The van der Waals surface area contributed by atoms with E-state index in [4.69, 9.17) is 28.4 Å². The normalized spacial score (nSPS) is 22.5. The summed E-state index contributed by atoms with van der Waals surface area (Å²) in [5, 5.41) is 50.7. The molecule has 0 aliphatic carbocycles. The van der Waals surface area contributed by atoms with Crippen molar-refractivity contribution in [3.8, 4) is 0 Å². The molecular formula is C37H66O15. The number of aliphatic hydroxyl groups excluding tert-OH is 5. The third-order valence-electron chi connectivity index (χ3n) is 8.74. The number of hydrogen-bond acceptors (Lipinski definition) is 15. The monoisotopic (exact) mass is 750 g/mol. The Kier molecular flexibility index (Phi) is 25.7. The van der Waals surface area contributed by atoms with Gasteiger partial charge < -0.3 is 54.0 Å². The van der Waals surface area contributed by atoms with Crippen LogP contribution >= 0.6 is 0 Å². The maximum atomic E-state index is 13.2. The fourth-order valence-electron chi connectivity index (χ4n) is 5.56. The molecule has 1 aliphatic rings. The first-order valence-electron chi connectivity index (χ1n) is 19.3. The SMILES string of the molecule is CCCCCCCC(=O)O[C@@H]1[C@H](OC(O)[C@H](O)[C@H](O)[C@H](O)CO)O[C@H](COC(=O)CCCCC)[C@@H](OC(=O)CCCCC)[C@@H]1OC(=O)CCCCC. The molecule has 1 rings (SSSR count). The predicted octanol–water partition coefficient (Wildman–Crippen LogP) is 3.50. The molecule has 52 heavy (non-hydrogen) atoms. The number of esters is 4. The fourth-order valence-corrected chi connectivity index (χ4v) is 5.56. The Morgan fingerprint density at radius 2 is 0.981 bits per heavy atom. The number of rotatable bonds is 29. The maximum absolute atomic E-state index is 13.2. The number of aliphatic hydroxyl groups is 5. The minimum absolute atomic E-state index is 0.0170. The minimum Gasteiger partial charge on any atom is -0.463 e. The van der Waals surface area contributed by atoms with Crippen LogP contribution in [0.4, 0.5) is 0 Å². The van der Waals surface area contributed by atoms with E-state index in [0.717, 1.165) is 64.2 Å². The van der Waals surface area contributed by atoms with Gasteiger partial charge in [0, 0.05) is 25.7 Å². The summed E-state index contributed by atoms with van der Waals surface area (Å²) in [6.07, 6.45) is -5.78. The summed E-state index contributed by atoms with van der Waals surface area (Å²) in [6.45, 7) is 6.51. The van der Waals surface area contributed by atoms with Gasteiger partial charge in [0.25, 0.3) is 0 Å². The van der Waals surface area contributed by atoms with Crippen LogP contribution in [0.2, 0.25) is 0 Å². The quantitative estimate of drug-likeness (QED) is 0.0319. The Bertz CT molecular complexity index is 994. The van der Waals surface area contributed by atoms with Crippen LogP contribution < -0.4 is 0 Å². The lowest BCUT2D eigenvalue weighted by Crippen LogP contribution is -2.64. The van der Waals surface area contributed by atoms with Crippen molar-refractivity contribution < 1.29 is 73.1 Å². The molecule has 15 nitrogen and oxygen atoms in total. The highest BCUT2D eigenvalue weighted by molar-refractivity contribution is 5.72. The molecule has 1 heterocycles. The van der Waals surface area contributed by atoms with Crippen molar-refractivity contribution >= 4 is 23.9 Å². The molecule has 15 heteroatoms. The summed E-state index contributed by atoms with van der Waals surface area (Å²) in [6, 6.07) is 0. The number of carbonyl (C=O) groups is 4. The van der Waals surface area contributed by atoms with Crippen LogP contribution in [-0.2, 0) is 47.6 Å². The summed E-state index contributed by atoms with van der Waals surface area (Å²) in [7, 11) is 0. The molecule has 0 radical (unpaired) electrons. The average Bonchev–Trinajstić information content (AvgIpc) is 3.12. The highest BCUT2D eigenvalue weighted by Gasteiger charge is 2.54. The van der Waals surface area contributed by atoms with E-state index < -0.39 is 92.4 Å².